The third kappa shape index (κ3) is 4.47. The molecule has 2 amide bonds. The first-order chi connectivity index (χ1) is 13.1. The molecule has 1 aliphatic carbocycles. The van der Waals surface area contributed by atoms with Crippen molar-refractivity contribution in [3.05, 3.63) is 28.2 Å². The van der Waals surface area contributed by atoms with Gasteiger partial charge < -0.3 is 15.1 Å². The Hall–Kier alpha value is -1.17. The first kappa shape index (κ1) is 19.2. The molecule has 7 heteroatoms. The van der Waals surface area contributed by atoms with Crippen molar-refractivity contribution in [1.29, 1.82) is 0 Å². The van der Waals surface area contributed by atoms with E-state index in [-0.39, 0.29) is 6.03 Å². The molecule has 27 heavy (non-hydrogen) atoms. The van der Waals surface area contributed by atoms with Crippen LogP contribution < -0.4 is 10.2 Å². The van der Waals surface area contributed by atoms with Crippen molar-refractivity contribution in [2.24, 2.45) is 5.92 Å². The molecule has 3 aliphatic rings. The Labute approximate surface area is 171 Å². The minimum Gasteiger partial charge on any atom is -0.368 e. The zero-order chi connectivity index (χ0) is 18.8. The normalized spacial score (nSPS) is 25.7. The molecule has 4 rings (SSSR count). The van der Waals surface area contributed by atoms with Crippen LogP contribution in [0.3, 0.4) is 0 Å². The first-order valence-electron chi connectivity index (χ1n) is 10.1. The van der Waals surface area contributed by atoms with Gasteiger partial charge in [-0.25, -0.2) is 4.79 Å². The lowest BCUT2D eigenvalue weighted by molar-refractivity contribution is 0.139. The van der Waals surface area contributed by atoms with Crippen LogP contribution in [0.5, 0.6) is 0 Å². The topological polar surface area (TPSA) is 38.8 Å². The van der Waals surface area contributed by atoms with Crippen LogP contribution >= 0.6 is 23.2 Å². The quantitative estimate of drug-likeness (QED) is 0.803. The highest BCUT2D eigenvalue weighted by atomic mass is 35.5. The van der Waals surface area contributed by atoms with E-state index in [1.54, 1.807) is 0 Å². The van der Waals surface area contributed by atoms with Gasteiger partial charge in [0.05, 0.1) is 15.7 Å². The second-order valence-corrected chi connectivity index (χ2v) is 8.80. The predicted molar refractivity (Wildman–Crippen MR) is 111 cm³/mol. The van der Waals surface area contributed by atoms with Gasteiger partial charge in [-0.1, -0.05) is 29.3 Å². The van der Waals surface area contributed by atoms with Crippen LogP contribution in [0.1, 0.15) is 25.7 Å². The predicted octanol–water partition coefficient (Wildman–Crippen LogP) is 3.70. The number of urea groups is 1. The summed E-state index contributed by atoms with van der Waals surface area (Å²) in [5.41, 5.74) is 1.04. The van der Waals surface area contributed by atoms with E-state index < -0.39 is 0 Å². The molecule has 0 atom stereocenters. The number of carbonyl (C=O) groups excluding carboxylic acids is 1. The fourth-order valence-electron chi connectivity index (χ4n) is 4.19. The summed E-state index contributed by atoms with van der Waals surface area (Å²) in [5.74, 6) is 0.757. The number of piperazine rings is 1. The summed E-state index contributed by atoms with van der Waals surface area (Å²) in [4.78, 5) is 18.7. The highest BCUT2D eigenvalue weighted by Gasteiger charge is 2.32. The van der Waals surface area contributed by atoms with Crippen molar-refractivity contribution in [3.63, 3.8) is 0 Å². The third-order valence-corrected chi connectivity index (χ3v) is 7.01. The molecular formula is C20H28Cl2N4O. The Morgan fingerprint density at radius 1 is 1.07 bits per heavy atom. The van der Waals surface area contributed by atoms with E-state index in [4.69, 9.17) is 23.2 Å². The van der Waals surface area contributed by atoms with Crippen LogP contribution in [-0.4, -0.2) is 67.7 Å². The van der Waals surface area contributed by atoms with Gasteiger partial charge in [0.1, 0.15) is 0 Å². The number of rotatable bonds is 5. The summed E-state index contributed by atoms with van der Waals surface area (Å²) in [6, 6.07) is 6.38. The fraction of sp³-hybridized carbons (Fsp3) is 0.650. The lowest BCUT2D eigenvalue weighted by Gasteiger charge is -2.41. The lowest BCUT2D eigenvalue weighted by atomic mass is 9.78. The van der Waals surface area contributed by atoms with Crippen LogP contribution in [0, 0.1) is 5.92 Å². The van der Waals surface area contributed by atoms with E-state index >= 15 is 0 Å². The molecule has 1 saturated carbocycles. The van der Waals surface area contributed by atoms with Gasteiger partial charge in [-0.15, -0.1) is 0 Å². The van der Waals surface area contributed by atoms with Crippen LogP contribution in [0.2, 0.25) is 10.0 Å². The summed E-state index contributed by atoms with van der Waals surface area (Å²) in [6.45, 7) is 7.09. The average molecular weight is 411 g/mol. The minimum absolute atomic E-state index is 0.139. The Balaban J connectivity index is 1.14. The smallest absolute Gasteiger partial charge is 0.317 e. The Morgan fingerprint density at radius 3 is 2.48 bits per heavy atom. The van der Waals surface area contributed by atoms with E-state index in [9.17, 15) is 4.79 Å². The van der Waals surface area contributed by atoms with Crippen molar-refractivity contribution in [3.8, 4) is 0 Å². The Kier molecular flexibility index (Phi) is 6.00. The number of nitrogens with zero attached hydrogens (tertiary/aromatic N) is 3. The van der Waals surface area contributed by atoms with Gasteiger partial charge in [-0.05, 0) is 50.3 Å². The molecule has 1 aromatic rings. The summed E-state index contributed by atoms with van der Waals surface area (Å²) >= 11 is 12.5. The number of carbonyl (C=O) groups is 1. The number of hydrogen-bond acceptors (Lipinski definition) is 3. The van der Waals surface area contributed by atoms with Crippen LogP contribution in [-0.2, 0) is 0 Å². The molecule has 148 valence electrons. The molecule has 0 bridgehead atoms. The van der Waals surface area contributed by atoms with Crippen LogP contribution in [0.25, 0.3) is 0 Å². The third-order valence-electron chi connectivity index (χ3n) is 6.20. The fourth-order valence-corrected chi connectivity index (χ4v) is 4.60. The van der Waals surface area contributed by atoms with Crippen LogP contribution in [0.4, 0.5) is 10.5 Å². The zero-order valence-electron chi connectivity index (χ0n) is 15.7. The van der Waals surface area contributed by atoms with Gasteiger partial charge in [0, 0.05) is 45.3 Å². The number of likely N-dealkylation sites (tertiary alicyclic amines) is 1. The lowest BCUT2D eigenvalue weighted by Crippen LogP contribution is -2.54. The Morgan fingerprint density at radius 2 is 1.81 bits per heavy atom. The molecule has 0 unspecified atom stereocenters. The highest BCUT2D eigenvalue weighted by Crippen LogP contribution is 2.33. The number of amides is 2. The molecule has 0 radical (unpaired) electrons. The summed E-state index contributed by atoms with van der Waals surface area (Å²) < 4.78 is 0. The maximum Gasteiger partial charge on any atom is 0.317 e. The Bertz CT molecular complexity index is 668. The van der Waals surface area contributed by atoms with Crippen molar-refractivity contribution in [2.45, 2.75) is 31.7 Å². The number of benzene rings is 1. The van der Waals surface area contributed by atoms with E-state index in [2.05, 4.69) is 15.1 Å². The maximum absolute atomic E-state index is 11.9. The first-order valence-corrected chi connectivity index (χ1v) is 10.8. The number of nitrogens with one attached hydrogen (secondary N) is 1. The van der Waals surface area contributed by atoms with Gasteiger partial charge in [0.25, 0.3) is 0 Å². The second kappa shape index (κ2) is 8.46. The zero-order valence-corrected chi connectivity index (χ0v) is 17.2. The maximum atomic E-state index is 11.9. The van der Waals surface area contributed by atoms with Crippen molar-refractivity contribution in [2.75, 3.05) is 50.7 Å². The number of anilines is 1. The minimum atomic E-state index is 0.139. The standard InChI is InChI=1S/C20H28Cl2N4O/c21-17-3-1-4-18(19(17)22)25-11-9-24(10-12-25)8-5-15-13-16(14-15)23-20(27)26-6-2-7-26/h1,3-4,15-16H,2,5-14H2,(H,23,27). The van der Waals surface area contributed by atoms with Crippen molar-refractivity contribution >= 4 is 34.9 Å². The monoisotopic (exact) mass is 410 g/mol. The number of halogens is 2. The van der Waals surface area contributed by atoms with Crippen molar-refractivity contribution < 1.29 is 4.79 Å². The molecule has 2 aliphatic heterocycles. The summed E-state index contributed by atoms with van der Waals surface area (Å²) in [6.07, 6.45) is 4.65. The number of hydrogen-bond donors (Lipinski definition) is 1. The van der Waals surface area contributed by atoms with Crippen molar-refractivity contribution in [1.82, 2.24) is 15.1 Å². The SMILES string of the molecule is O=C(NC1CC(CCN2CCN(c3cccc(Cl)c3Cl)CC2)C1)N1CCC1. The van der Waals surface area contributed by atoms with Crippen LogP contribution in [0.15, 0.2) is 18.2 Å². The molecule has 1 N–H and O–H groups in total. The van der Waals surface area contributed by atoms with E-state index in [0.29, 0.717) is 16.1 Å². The molecule has 3 fully saturated rings. The average Bonchev–Trinajstić information content (AvgIpc) is 2.58. The molecule has 0 spiro atoms. The second-order valence-electron chi connectivity index (χ2n) is 8.01. The van der Waals surface area contributed by atoms with E-state index in [1.165, 1.54) is 6.42 Å². The van der Waals surface area contributed by atoms with Gasteiger partial charge in [-0.2, -0.15) is 0 Å². The van der Waals surface area contributed by atoms with Gasteiger partial charge in [0.15, 0.2) is 0 Å². The van der Waals surface area contributed by atoms with E-state index in [1.807, 2.05) is 23.1 Å². The molecule has 2 heterocycles. The molecule has 0 aromatic heterocycles. The van der Waals surface area contributed by atoms with Gasteiger partial charge in [-0.3, -0.25) is 4.90 Å². The molecule has 2 saturated heterocycles. The van der Waals surface area contributed by atoms with Gasteiger partial charge in [0.2, 0.25) is 0 Å². The molecular weight excluding hydrogens is 383 g/mol. The summed E-state index contributed by atoms with van der Waals surface area (Å²) in [7, 11) is 0. The van der Waals surface area contributed by atoms with Gasteiger partial charge >= 0.3 is 6.03 Å². The largest absolute Gasteiger partial charge is 0.368 e. The van der Waals surface area contributed by atoms with E-state index in [0.717, 1.165) is 76.7 Å². The summed E-state index contributed by atoms with van der Waals surface area (Å²) in [5, 5.41) is 4.45. The highest BCUT2D eigenvalue weighted by molar-refractivity contribution is 6.43. The molecule has 1 aromatic carbocycles. The molecule has 5 nitrogen and oxygen atoms in total.